The van der Waals surface area contributed by atoms with Crippen molar-refractivity contribution in [3.63, 3.8) is 0 Å². The third-order valence-electron chi connectivity index (χ3n) is 6.15. The standard InChI is InChI=1S/C25H27N7O/c1-17-9-11-21(12-10-17)32-19(3)22-18(2)27-28-24(23(22)29-32)30-13-15-31(16-14-30)25(33)26-20-7-5-4-6-8-20/h4-12H,13-16H2,1-3H3,(H,26,33). The van der Waals surface area contributed by atoms with E-state index < -0.39 is 0 Å². The van der Waals surface area contributed by atoms with Gasteiger partial charge in [-0.05, 0) is 45.0 Å². The smallest absolute Gasteiger partial charge is 0.321 e. The molecule has 1 aliphatic heterocycles. The summed E-state index contributed by atoms with van der Waals surface area (Å²) in [4.78, 5) is 16.7. The van der Waals surface area contributed by atoms with Crippen LogP contribution in [0, 0.1) is 20.8 Å². The Morgan fingerprint density at radius 1 is 0.879 bits per heavy atom. The summed E-state index contributed by atoms with van der Waals surface area (Å²) in [5.74, 6) is 0.771. The van der Waals surface area contributed by atoms with Crippen molar-refractivity contribution in [3.8, 4) is 5.69 Å². The molecule has 0 unspecified atom stereocenters. The maximum Gasteiger partial charge on any atom is 0.321 e. The molecule has 0 bridgehead atoms. The van der Waals surface area contributed by atoms with E-state index in [2.05, 4.69) is 58.5 Å². The molecule has 1 N–H and O–H groups in total. The lowest BCUT2D eigenvalue weighted by molar-refractivity contribution is 0.208. The minimum absolute atomic E-state index is 0.0829. The van der Waals surface area contributed by atoms with Gasteiger partial charge in [0.1, 0.15) is 5.52 Å². The largest absolute Gasteiger partial charge is 0.350 e. The van der Waals surface area contributed by atoms with E-state index in [4.69, 9.17) is 5.10 Å². The number of para-hydroxylation sites is 1. The molecule has 2 aromatic heterocycles. The monoisotopic (exact) mass is 441 g/mol. The van der Waals surface area contributed by atoms with E-state index in [-0.39, 0.29) is 6.03 Å². The van der Waals surface area contributed by atoms with Crippen molar-refractivity contribution in [1.82, 2.24) is 24.9 Å². The zero-order chi connectivity index (χ0) is 22.9. The van der Waals surface area contributed by atoms with Gasteiger partial charge >= 0.3 is 6.03 Å². The predicted molar refractivity (Wildman–Crippen MR) is 130 cm³/mol. The van der Waals surface area contributed by atoms with E-state index in [0.717, 1.165) is 39.5 Å². The first-order valence-electron chi connectivity index (χ1n) is 11.2. The molecule has 0 saturated carbocycles. The van der Waals surface area contributed by atoms with Crippen molar-refractivity contribution in [2.45, 2.75) is 20.8 Å². The van der Waals surface area contributed by atoms with E-state index in [1.807, 2.05) is 46.8 Å². The Kier molecular flexibility index (Phi) is 5.42. The number of rotatable bonds is 3. The molecule has 168 valence electrons. The average molecular weight is 442 g/mol. The Morgan fingerprint density at radius 3 is 2.27 bits per heavy atom. The van der Waals surface area contributed by atoms with E-state index in [1.54, 1.807) is 0 Å². The summed E-state index contributed by atoms with van der Waals surface area (Å²) < 4.78 is 1.97. The minimum atomic E-state index is -0.0829. The first-order valence-corrected chi connectivity index (χ1v) is 11.2. The number of nitrogens with zero attached hydrogens (tertiary/aromatic N) is 6. The van der Waals surface area contributed by atoms with Gasteiger partial charge in [-0.15, -0.1) is 5.10 Å². The summed E-state index contributed by atoms with van der Waals surface area (Å²) >= 11 is 0. The molecular weight excluding hydrogens is 414 g/mol. The SMILES string of the molecule is Cc1ccc(-n2nc3c(N4CCN(C(=O)Nc5ccccc5)CC4)nnc(C)c3c2C)cc1. The zero-order valence-electron chi connectivity index (χ0n) is 19.1. The Labute approximate surface area is 192 Å². The van der Waals surface area contributed by atoms with E-state index in [0.29, 0.717) is 26.2 Å². The van der Waals surface area contributed by atoms with Crippen LogP contribution in [-0.4, -0.2) is 57.1 Å². The fourth-order valence-corrected chi connectivity index (χ4v) is 4.31. The van der Waals surface area contributed by atoms with Gasteiger partial charge in [0.05, 0.1) is 22.5 Å². The van der Waals surface area contributed by atoms with Gasteiger partial charge in [0.15, 0.2) is 5.82 Å². The maximum atomic E-state index is 12.6. The maximum absolute atomic E-state index is 12.6. The number of benzene rings is 2. The Bertz CT molecular complexity index is 1290. The normalized spacial score (nSPS) is 14.0. The molecule has 0 atom stereocenters. The number of hydrogen-bond donors (Lipinski definition) is 1. The zero-order valence-corrected chi connectivity index (χ0v) is 19.1. The van der Waals surface area contributed by atoms with E-state index in [9.17, 15) is 4.79 Å². The molecule has 5 rings (SSSR count). The number of fused-ring (bicyclic) bond motifs is 1. The van der Waals surface area contributed by atoms with Crippen molar-refractivity contribution >= 4 is 28.4 Å². The number of carbonyl (C=O) groups is 1. The topological polar surface area (TPSA) is 79.2 Å². The predicted octanol–water partition coefficient (Wildman–Crippen LogP) is 4.09. The van der Waals surface area contributed by atoms with Crippen LogP contribution in [-0.2, 0) is 0 Å². The van der Waals surface area contributed by atoms with Crippen molar-refractivity contribution in [1.29, 1.82) is 0 Å². The summed E-state index contributed by atoms with van der Waals surface area (Å²) in [6.07, 6.45) is 0. The molecular formula is C25H27N7O. The van der Waals surface area contributed by atoms with Gasteiger partial charge in [-0.25, -0.2) is 9.48 Å². The van der Waals surface area contributed by atoms with Crippen molar-refractivity contribution in [3.05, 3.63) is 71.5 Å². The molecule has 2 amide bonds. The van der Waals surface area contributed by atoms with Gasteiger partial charge in [0, 0.05) is 31.9 Å². The number of nitrogens with one attached hydrogen (secondary N) is 1. The molecule has 1 fully saturated rings. The molecule has 0 radical (unpaired) electrons. The number of carbonyl (C=O) groups excluding carboxylic acids is 1. The Balaban J connectivity index is 1.38. The molecule has 0 aliphatic carbocycles. The summed E-state index contributed by atoms with van der Waals surface area (Å²) in [6.45, 7) is 8.67. The number of anilines is 2. The average Bonchev–Trinajstić information content (AvgIpc) is 3.18. The van der Waals surface area contributed by atoms with E-state index >= 15 is 0 Å². The second-order valence-electron chi connectivity index (χ2n) is 8.44. The highest BCUT2D eigenvalue weighted by molar-refractivity contribution is 5.93. The third-order valence-corrected chi connectivity index (χ3v) is 6.15. The molecule has 33 heavy (non-hydrogen) atoms. The van der Waals surface area contributed by atoms with Gasteiger partial charge in [0.25, 0.3) is 0 Å². The fraction of sp³-hybridized carbons (Fsp3) is 0.280. The number of aryl methyl sites for hydroxylation is 3. The molecule has 1 aliphatic rings. The lowest BCUT2D eigenvalue weighted by atomic mass is 10.2. The van der Waals surface area contributed by atoms with Crippen molar-refractivity contribution in [2.75, 3.05) is 36.4 Å². The number of urea groups is 1. The number of amides is 2. The van der Waals surface area contributed by atoms with Crippen LogP contribution in [0.5, 0.6) is 0 Å². The van der Waals surface area contributed by atoms with Gasteiger partial charge in [-0.2, -0.15) is 10.2 Å². The second-order valence-corrected chi connectivity index (χ2v) is 8.44. The summed E-state index contributed by atoms with van der Waals surface area (Å²) in [5, 5.41) is 17.9. The van der Waals surface area contributed by atoms with Crippen molar-refractivity contribution < 1.29 is 4.79 Å². The number of hydrogen-bond acceptors (Lipinski definition) is 5. The summed E-state index contributed by atoms with van der Waals surface area (Å²) in [5.41, 5.74) is 5.79. The second kappa shape index (κ2) is 8.54. The molecule has 2 aromatic carbocycles. The quantitative estimate of drug-likeness (QED) is 0.518. The molecule has 1 saturated heterocycles. The lowest BCUT2D eigenvalue weighted by Crippen LogP contribution is -2.50. The molecule has 8 heteroatoms. The van der Waals surface area contributed by atoms with Crippen LogP contribution in [0.1, 0.15) is 17.0 Å². The fourth-order valence-electron chi connectivity index (χ4n) is 4.31. The van der Waals surface area contributed by atoms with Crippen LogP contribution in [0.4, 0.5) is 16.3 Å². The molecule has 8 nitrogen and oxygen atoms in total. The van der Waals surface area contributed by atoms with Crippen molar-refractivity contribution in [2.24, 2.45) is 0 Å². The molecule has 3 heterocycles. The first-order chi connectivity index (χ1) is 16.0. The van der Waals surface area contributed by atoms with Crippen LogP contribution in [0.2, 0.25) is 0 Å². The van der Waals surface area contributed by atoms with Crippen LogP contribution in [0.15, 0.2) is 54.6 Å². The van der Waals surface area contributed by atoms with Crippen LogP contribution >= 0.6 is 0 Å². The van der Waals surface area contributed by atoms with Crippen LogP contribution in [0.3, 0.4) is 0 Å². The highest BCUT2D eigenvalue weighted by atomic mass is 16.2. The first kappa shape index (κ1) is 20.9. The summed E-state index contributed by atoms with van der Waals surface area (Å²) in [7, 11) is 0. The van der Waals surface area contributed by atoms with Gasteiger partial charge in [-0.1, -0.05) is 35.9 Å². The highest BCUT2D eigenvalue weighted by Gasteiger charge is 2.26. The lowest BCUT2D eigenvalue weighted by Gasteiger charge is -2.35. The molecule has 4 aromatic rings. The molecule has 0 spiro atoms. The van der Waals surface area contributed by atoms with Crippen LogP contribution in [0.25, 0.3) is 16.6 Å². The minimum Gasteiger partial charge on any atom is -0.350 e. The number of aromatic nitrogens is 4. The van der Waals surface area contributed by atoms with E-state index in [1.165, 1.54) is 5.56 Å². The Hall–Kier alpha value is -3.94. The summed E-state index contributed by atoms with van der Waals surface area (Å²) in [6, 6.07) is 17.8. The Morgan fingerprint density at radius 2 is 1.58 bits per heavy atom. The number of piperazine rings is 1. The van der Waals surface area contributed by atoms with Gasteiger partial charge < -0.3 is 15.1 Å². The van der Waals surface area contributed by atoms with Gasteiger partial charge in [-0.3, -0.25) is 0 Å². The third kappa shape index (κ3) is 4.00. The van der Waals surface area contributed by atoms with Gasteiger partial charge in [0.2, 0.25) is 0 Å². The highest BCUT2D eigenvalue weighted by Crippen LogP contribution is 2.30. The van der Waals surface area contributed by atoms with Crippen LogP contribution < -0.4 is 10.2 Å².